The van der Waals surface area contributed by atoms with Gasteiger partial charge in [-0.2, -0.15) is 0 Å². The van der Waals surface area contributed by atoms with Crippen LogP contribution in [0.25, 0.3) is 15.2 Å². The van der Waals surface area contributed by atoms with Gasteiger partial charge in [0, 0.05) is 6.07 Å². The summed E-state index contributed by atoms with van der Waals surface area (Å²) in [6.45, 7) is 1.92. The number of benzene rings is 1. The van der Waals surface area contributed by atoms with Crippen LogP contribution in [-0.2, 0) is 5.75 Å². The van der Waals surface area contributed by atoms with Crippen LogP contribution in [0.15, 0.2) is 40.0 Å². The van der Waals surface area contributed by atoms with Gasteiger partial charge in [-0.25, -0.2) is 0 Å². The van der Waals surface area contributed by atoms with Crippen molar-refractivity contribution in [3.05, 3.63) is 41.8 Å². The average molecular weight is 302 g/mol. The van der Waals surface area contributed by atoms with E-state index in [-0.39, 0.29) is 0 Å². The van der Waals surface area contributed by atoms with E-state index in [1.807, 2.05) is 25.1 Å². The molecular weight excluding hydrogens is 292 g/mol. The summed E-state index contributed by atoms with van der Waals surface area (Å²) in [6.07, 6.45) is 0. The Bertz CT molecular complexity index is 892. The first-order valence-electron chi connectivity index (χ1n) is 6.09. The van der Waals surface area contributed by atoms with Gasteiger partial charge in [0.05, 0.1) is 21.7 Å². The Balaban J connectivity index is 1.72. The van der Waals surface area contributed by atoms with E-state index < -0.39 is 0 Å². The standard InChI is InChI=1S/C13H10N4OS2/c1-8-6-9(18-16-8)7-19-12-14-15-13-17(12)10-4-2-3-5-11(10)20-13/h2-6H,7H2,1H3. The molecule has 7 heteroatoms. The fourth-order valence-electron chi connectivity index (χ4n) is 2.07. The Morgan fingerprint density at radius 3 is 3.05 bits per heavy atom. The number of thiazole rings is 1. The van der Waals surface area contributed by atoms with E-state index in [1.165, 1.54) is 4.70 Å². The zero-order valence-corrected chi connectivity index (χ0v) is 12.2. The van der Waals surface area contributed by atoms with Gasteiger partial charge in [-0.15, -0.1) is 10.2 Å². The van der Waals surface area contributed by atoms with Gasteiger partial charge in [-0.05, 0) is 19.1 Å². The molecule has 0 radical (unpaired) electrons. The molecule has 0 aliphatic carbocycles. The molecule has 0 aliphatic rings. The minimum absolute atomic E-state index is 0.700. The number of para-hydroxylation sites is 1. The Hall–Kier alpha value is -1.86. The topological polar surface area (TPSA) is 56.2 Å². The molecule has 0 N–H and O–H groups in total. The van der Waals surface area contributed by atoms with Gasteiger partial charge >= 0.3 is 0 Å². The van der Waals surface area contributed by atoms with Crippen molar-refractivity contribution in [2.45, 2.75) is 17.8 Å². The van der Waals surface area contributed by atoms with Gasteiger partial charge in [0.1, 0.15) is 5.76 Å². The minimum atomic E-state index is 0.700. The predicted molar refractivity (Wildman–Crippen MR) is 79.2 cm³/mol. The van der Waals surface area contributed by atoms with Gasteiger partial charge in [-0.1, -0.05) is 40.4 Å². The van der Waals surface area contributed by atoms with Crippen LogP contribution in [0.3, 0.4) is 0 Å². The summed E-state index contributed by atoms with van der Waals surface area (Å²) in [7, 11) is 0. The lowest BCUT2D eigenvalue weighted by Crippen LogP contribution is -1.86. The molecule has 1 aromatic carbocycles. The maximum Gasteiger partial charge on any atom is 0.217 e. The van der Waals surface area contributed by atoms with Crippen molar-refractivity contribution < 1.29 is 4.52 Å². The van der Waals surface area contributed by atoms with Crippen molar-refractivity contribution in [1.29, 1.82) is 0 Å². The molecule has 3 heterocycles. The highest BCUT2D eigenvalue weighted by Gasteiger charge is 2.13. The molecule has 0 fully saturated rings. The van der Waals surface area contributed by atoms with Crippen LogP contribution >= 0.6 is 23.1 Å². The molecule has 4 aromatic rings. The highest BCUT2D eigenvalue weighted by Crippen LogP contribution is 2.30. The van der Waals surface area contributed by atoms with Crippen LogP contribution in [0.4, 0.5) is 0 Å². The molecule has 100 valence electrons. The third-order valence-electron chi connectivity index (χ3n) is 2.93. The number of hydrogen-bond donors (Lipinski definition) is 0. The molecule has 4 rings (SSSR count). The van der Waals surface area contributed by atoms with E-state index in [2.05, 4.69) is 31.9 Å². The van der Waals surface area contributed by atoms with Gasteiger partial charge in [0.15, 0.2) is 5.16 Å². The lowest BCUT2D eigenvalue weighted by Gasteiger charge is -1.96. The molecule has 5 nitrogen and oxygen atoms in total. The van der Waals surface area contributed by atoms with Gasteiger partial charge in [0.25, 0.3) is 0 Å². The fraction of sp³-hybridized carbons (Fsp3) is 0.154. The monoisotopic (exact) mass is 302 g/mol. The normalized spacial score (nSPS) is 11.7. The van der Waals surface area contributed by atoms with Crippen LogP contribution in [-0.4, -0.2) is 19.8 Å². The molecule has 0 amide bonds. The second kappa shape index (κ2) is 4.60. The second-order valence-corrected chi connectivity index (χ2v) is 6.35. The SMILES string of the molecule is Cc1cc(CSc2nnc3sc4ccccc4n23)on1. The highest BCUT2D eigenvalue weighted by molar-refractivity contribution is 7.98. The minimum Gasteiger partial charge on any atom is -0.360 e. The maximum absolute atomic E-state index is 5.22. The van der Waals surface area contributed by atoms with Crippen LogP contribution in [0, 0.1) is 6.92 Å². The molecule has 0 atom stereocenters. The van der Waals surface area contributed by atoms with E-state index in [1.54, 1.807) is 23.1 Å². The largest absolute Gasteiger partial charge is 0.360 e. The van der Waals surface area contributed by atoms with Crippen molar-refractivity contribution >= 4 is 38.3 Å². The number of thioether (sulfide) groups is 1. The number of rotatable bonds is 3. The quantitative estimate of drug-likeness (QED) is 0.542. The Kier molecular flexibility index (Phi) is 2.75. The number of fused-ring (bicyclic) bond motifs is 3. The lowest BCUT2D eigenvalue weighted by atomic mass is 10.3. The van der Waals surface area contributed by atoms with Gasteiger partial charge < -0.3 is 4.52 Å². The molecule has 0 spiro atoms. The van der Waals surface area contributed by atoms with Crippen molar-refractivity contribution in [2.24, 2.45) is 0 Å². The van der Waals surface area contributed by atoms with Crippen molar-refractivity contribution in [3.8, 4) is 0 Å². The molecule has 0 unspecified atom stereocenters. The fourth-order valence-corrected chi connectivity index (χ4v) is 3.91. The van der Waals surface area contributed by atoms with Gasteiger partial charge in [-0.3, -0.25) is 4.40 Å². The third-order valence-corrected chi connectivity index (χ3v) is 4.89. The molecule has 0 aliphatic heterocycles. The highest BCUT2D eigenvalue weighted by atomic mass is 32.2. The third kappa shape index (κ3) is 1.90. The second-order valence-electron chi connectivity index (χ2n) is 4.39. The molecule has 0 saturated heterocycles. The predicted octanol–water partition coefficient (Wildman–Crippen LogP) is 3.53. The first kappa shape index (κ1) is 11.9. The van der Waals surface area contributed by atoms with Crippen LogP contribution in [0.5, 0.6) is 0 Å². The summed E-state index contributed by atoms with van der Waals surface area (Å²) in [6, 6.07) is 10.2. The Morgan fingerprint density at radius 1 is 1.30 bits per heavy atom. The summed E-state index contributed by atoms with van der Waals surface area (Å²) in [5.41, 5.74) is 2.04. The molecule has 3 aromatic heterocycles. The van der Waals surface area contributed by atoms with E-state index >= 15 is 0 Å². The van der Waals surface area contributed by atoms with E-state index in [0.717, 1.165) is 27.1 Å². The summed E-state index contributed by atoms with van der Waals surface area (Å²) in [5, 5.41) is 13.3. The number of aryl methyl sites for hydroxylation is 1. The smallest absolute Gasteiger partial charge is 0.217 e. The summed E-state index contributed by atoms with van der Waals surface area (Å²) in [4.78, 5) is 0.919. The van der Waals surface area contributed by atoms with Gasteiger partial charge in [0.2, 0.25) is 4.96 Å². The van der Waals surface area contributed by atoms with E-state index in [0.29, 0.717) is 5.75 Å². The summed E-state index contributed by atoms with van der Waals surface area (Å²) >= 11 is 3.25. The summed E-state index contributed by atoms with van der Waals surface area (Å²) < 4.78 is 8.53. The molecule has 0 saturated carbocycles. The molecule has 20 heavy (non-hydrogen) atoms. The van der Waals surface area contributed by atoms with Crippen molar-refractivity contribution in [3.63, 3.8) is 0 Å². The Labute approximate surface area is 122 Å². The lowest BCUT2D eigenvalue weighted by molar-refractivity contribution is 0.391. The maximum atomic E-state index is 5.22. The number of aromatic nitrogens is 4. The van der Waals surface area contributed by atoms with Crippen LogP contribution < -0.4 is 0 Å². The first-order valence-corrected chi connectivity index (χ1v) is 7.89. The van der Waals surface area contributed by atoms with Crippen LogP contribution in [0.1, 0.15) is 11.5 Å². The number of hydrogen-bond acceptors (Lipinski definition) is 6. The zero-order chi connectivity index (χ0) is 13.5. The van der Waals surface area contributed by atoms with E-state index in [9.17, 15) is 0 Å². The molecular formula is C13H10N4OS2. The van der Waals surface area contributed by atoms with Crippen molar-refractivity contribution in [1.82, 2.24) is 19.8 Å². The zero-order valence-electron chi connectivity index (χ0n) is 10.6. The van der Waals surface area contributed by atoms with E-state index in [4.69, 9.17) is 4.52 Å². The molecule has 0 bridgehead atoms. The summed E-state index contributed by atoms with van der Waals surface area (Å²) in [5.74, 6) is 1.55. The average Bonchev–Trinajstić information content (AvgIpc) is 3.11. The first-order chi connectivity index (χ1) is 9.81. The Morgan fingerprint density at radius 2 is 2.20 bits per heavy atom. The van der Waals surface area contributed by atoms with Crippen molar-refractivity contribution in [2.75, 3.05) is 0 Å². The van der Waals surface area contributed by atoms with Crippen LogP contribution in [0.2, 0.25) is 0 Å². The number of nitrogens with zero attached hydrogens (tertiary/aromatic N) is 4.